The first-order valence-corrected chi connectivity index (χ1v) is 11.5. The summed E-state index contributed by atoms with van der Waals surface area (Å²) >= 11 is 0. The number of carbonyl (C=O) groups is 2. The molecule has 3 aromatic rings. The van der Waals surface area contributed by atoms with Crippen LogP contribution in [0, 0.1) is 0 Å². The van der Waals surface area contributed by atoms with E-state index in [-0.39, 0.29) is 18.4 Å². The smallest absolute Gasteiger partial charge is 0.262 e. The van der Waals surface area contributed by atoms with Crippen LogP contribution in [0.1, 0.15) is 29.0 Å². The average Bonchev–Trinajstić information content (AvgIpc) is 2.91. The van der Waals surface area contributed by atoms with E-state index in [0.717, 1.165) is 5.56 Å². The summed E-state index contributed by atoms with van der Waals surface area (Å²) < 4.78 is 22.2. The minimum Gasteiger partial charge on any atom is -0.497 e. The summed E-state index contributed by atoms with van der Waals surface area (Å²) in [5.41, 5.74) is 2.58. The SMILES string of the molecule is CCNC(=O)COc1ccc(C2Nc3ccccc3C(=O)N2c2ccc(OC)cc2OC)cc1OC. The van der Waals surface area contributed by atoms with Crippen LogP contribution in [0.25, 0.3) is 0 Å². The maximum absolute atomic E-state index is 13.8. The fourth-order valence-electron chi connectivity index (χ4n) is 4.08. The molecule has 0 aromatic heterocycles. The van der Waals surface area contributed by atoms with Gasteiger partial charge in [0.1, 0.15) is 17.7 Å². The van der Waals surface area contributed by atoms with Gasteiger partial charge in [-0.15, -0.1) is 0 Å². The number of anilines is 2. The number of ether oxygens (including phenoxy) is 4. The molecule has 1 aliphatic heterocycles. The minimum atomic E-state index is -0.582. The highest BCUT2D eigenvalue weighted by atomic mass is 16.5. The summed E-state index contributed by atoms with van der Waals surface area (Å²) in [5, 5.41) is 6.16. The highest BCUT2D eigenvalue weighted by Crippen LogP contribution is 2.43. The number of nitrogens with one attached hydrogen (secondary N) is 2. The highest BCUT2D eigenvalue weighted by molar-refractivity contribution is 6.12. The van der Waals surface area contributed by atoms with Crippen molar-refractivity contribution >= 4 is 23.2 Å². The predicted octanol–water partition coefficient (Wildman–Crippen LogP) is 4.00. The topological polar surface area (TPSA) is 98.4 Å². The first kappa shape index (κ1) is 24.7. The van der Waals surface area contributed by atoms with Crippen LogP contribution >= 0.6 is 0 Å². The summed E-state index contributed by atoms with van der Waals surface area (Å²) in [4.78, 5) is 27.3. The van der Waals surface area contributed by atoms with Crippen molar-refractivity contribution in [3.05, 3.63) is 71.8 Å². The fourth-order valence-corrected chi connectivity index (χ4v) is 4.08. The van der Waals surface area contributed by atoms with Crippen molar-refractivity contribution in [3.63, 3.8) is 0 Å². The number of benzene rings is 3. The quantitative estimate of drug-likeness (QED) is 0.467. The molecular weight excluding hydrogens is 462 g/mol. The highest BCUT2D eigenvalue weighted by Gasteiger charge is 2.36. The summed E-state index contributed by atoms with van der Waals surface area (Å²) in [5.74, 6) is 1.55. The van der Waals surface area contributed by atoms with Crippen LogP contribution in [-0.4, -0.2) is 46.3 Å². The van der Waals surface area contributed by atoms with Gasteiger partial charge in [-0.1, -0.05) is 18.2 Å². The van der Waals surface area contributed by atoms with Gasteiger partial charge in [0.2, 0.25) is 0 Å². The van der Waals surface area contributed by atoms with Gasteiger partial charge in [0.15, 0.2) is 18.1 Å². The monoisotopic (exact) mass is 491 g/mol. The number of nitrogens with zero attached hydrogens (tertiary/aromatic N) is 1. The third kappa shape index (κ3) is 4.86. The lowest BCUT2D eigenvalue weighted by atomic mass is 10.0. The molecule has 0 radical (unpaired) electrons. The van der Waals surface area contributed by atoms with Gasteiger partial charge in [-0.3, -0.25) is 14.5 Å². The molecule has 1 atom stereocenters. The van der Waals surface area contributed by atoms with Gasteiger partial charge in [-0.25, -0.2) is 0 Å². The number of carbonyl (C=O) groups excluding carboxylic acids is 2. The molecule has 0 saturated carbocycles. The Morgan fingerprint density at radius 1 is 0.944 bits per heavy atom. The molecule has 3 aromatic carbocycles. The van der Waals surface area contributed by atoms with E-state index in [2.05, 4.69) is 10.6 Å². The first-order valence-electron chi connectivity index (χ1n) is 11.5. The molecule has 9 nitrogen and oxygen atoms in total. The van der Waals surface area contributed by atoms with E-state index in [1.165, 1.54) is 7.11 Å². The molecule has 0 bridgehead atoms. The standard InChI is InChI=1S/C27H29N3O6/c1-5-28-25(31)16-36-22-13-10-17(14-24(22)35-4)26-29-20-9-7-6-8-19(20)27(32)30(26)21-12-11-18(33-2)15-23(21)34-3/h6-15,26,29H,5,16H2,1-4H3,(H,28,31). The Labute approximate surface area is 209 Å². The summed E-state index contributed by atoms with van der Waals surface area (Å²) in [6, 6.07) is 18.0. The molecule has 0 saturated heterocycles. The summed E-state index contributed by atoms with van der Waals surface area (Å²) in [6.45, 7) is 2.23. The van der Waals surface area contributed by atoms with Crippen LogP contribution in [0.2, 0.25) is 0 Å². The van der Waals surface area contributed by atoms with Crippen molar-refractivity contribution in [2.45, 2.75) is 13.1 Å². The average molecular weight is 492 g/mol. The normalized spacial score (nSPS) is 14.4. The Hall–Kier alpha value is -4.40. The molecule has 2 amide bonds. The van der Waals surface area contributed by atoms with Gasteiger partial charge in [0.25, 0.3) is 11.8 Å². The van der Waals surface area contributed by atoms with Gasteiger partial charge in [0, 0.05) is 18.3 Å². The van der Waals surface area contributed by atoms with Crippen molar-refractivity contribution < 1.29 is 28.5 Å². The summed E-state index contributed by atoms with van der Waals surface area (Å²) in [6.07, 6.45) is -0.582. The lowest BCUT2D eigenvalue weighted by Gasteiger charge is -2.38. The zero-order valence-corrected chi connectivity index (χ0v) is 20.7. The zero-order valence-electron chi connectivity index (χ0n) is 20.7. The molecule has 0 spiro atoms. The number of likely N-dealkylation sites (N-methyl/N-ethyl adjacent to an activating group) is 1. The number of hydrogen-bond acceptors (Lipinski definition) is 7. The van der Waals surface area contributed by atoms with Crippen LogP contribution < -0.4 is 34.5 Å². The molecule has 1 aliphatic rings. The second-order valence-electron chi connectivity index (χ2n) is 7.96. The molecule has 0 fully saturated rings. The van der Waals surface area contributed by atoms with Gasteiger partial charge in [0.05, 0.1) is 32.6 Å². The van der Waals surface area contributed by atoms with Crippen molar-refractivity contribution in [1.82, 2.24) is 5.32 Å². The van der Waals surface area contributed by atoms with Gasteiger partial charge < -0.3 is 29.6 Å². The molecular formula is C27H29N3O6. The van der Waals surface area contributed by atoms with E-state index < -0.39 is 6.17 Å². The first-order chi connectivity index (χ1) is 17.5. The molecule has 0 aliphatic carbocycles. The van der Waals surface area contributed by atoms with E-state index >= 15 is 0 Å². The third-order valence-electron chi connectivity index (χ3n) is 5.81. The fraction of sp³-hybridized carbons (Fsp3) is 0.259. The molecule has 1 heterocycles. The maximum Gasteiger partial charge on any atom is 0.262 e. The number of methoxy groups -OCH3 is 3. The van der Waals surface area contributed by atoms with E-state index in [1.807, 2.05) is 31.2 Å². The van der Waals surface area contributed by atoms with Crippen molar-refractivity contribution in [2.75, 3.05) is 44.7 Å². The number of para-hydroxylation sites is 1. The minimum absolute atomic E-state index is 0.133. The lowest BCUT2D eigenvalue weighted by Crippen LogP contribution is -2.43. The van der Waals surface area contributed by atoms with Crippen LogP contribution in [0.4, 0.5) is 11.4 Å². The largest absolute Gasteiger partial charge is 0.497 e. The Kier molecular flexibility index (Phi) is 7.48. The Morgan fingerprint density at radius 2 is 1.72 bits per heavy atom. The van der Waals surface area contributed by atoms with Crippen molar-refractivity contribution in [2.24, 2.45) is 0 Å². The molecule has 4 rings (SSSR count). The number of hydrogen-bond donors (Lipinski definition) is 2. The second kappa shape index (κ2) is 10.9. The number of amides is 2. The molecule has 9 heteroatoms. The van der Waals surface area contributed by atoms with E-state index in [0.29, 0.717) is 46.5 Å². The van der Waals surface area contributed by atoms with E-state index in [1.54, 1.807) is 55.5 Å². The van der Waals surface area contributed by atoms with E-state index in [9.17, 15) is 9.59 Å². The number of rotatable bonds is 9. The molecule has 188 valence electrons. The Morgan fingerprint density at radius 3 is 2.44 bits per heavy atom. The molecule has 36 heavy (non-hydrogen) atoms. The molecule has 1 unspecified atom stereocenters. The van der Waals surface area contributed by atoms with Crippen LogP contribution in [0.5, 0.6) is 23.0 Å². The van der Waals surface area contributed by atoms with Crippen LogP contribution in [0.3, 0.4) is 0 Å². The third-order valence-corrected chi connectivity index (χ3v) is 5.81. The Bertz CT molecular complexity index is 1260. The van der Waals surface area contributed by atoms with Gasteiger partial charge >= 0.3 is 0 Å². The van der Waals surface area contributed by atoms with Crippen LogP contribution in [-0.2, 0) is 4.79 Å². The van der Waals surface area contributed by atoms with Crippen LogP contribution in [0.15, 0.2) is 60.7 Å². The number of fused-ring (bicyclic) bond motifs is 1. The Balaban J connectivity index is 1.76. The second-order valence-corrected chi connectivity index (χ2v) is 7.96. The summed E-state index contributed by atoms with van der Waals surface area (Å²) in [7, 11) is 4.65. The van der Waals surface area contributed by atoms with Gasteiger partial charge in [-0.05, 0) is 48.9 Å². The predicted molar refractivity (Wildman–Crippen MR) is 136 cm³/mol. The maximum atomic E-state index is 13.8. The molecule has 2 N–H and O–H groups in total. The van der Waals surface area contributed by atoms with Gasteiger partial charge in [-0.2, -0.15) is 0 Å². The van der Waals surface area contributed by atoms with E-state index in [4.69, 9.17) is 18.9 Å². The van der Waals surface area contributed by atoms with Crippen molar-refractivity contribution in [3.8, 4) is 23.0 Å². The lowest BCUT2D eigenvalue weighted by molar-refractivity contribution is -0.123. The zero-order chi connectivity index (χ0) is 25.7. The van der Waals surface area contributed by atoms with Crippen molar-refractivity contribution in [1.29, 1.82) is 0 Å².